The molecule has 25 heavy (non-hydrogen) atoms. The summed E-state index contributed by atoms with van der Waals surface area (Å²) in [6, 6.07) is 13.7. The standard InChI is InChI=1S/C21H25NO3/c1-21(2,3)17-8-6-16(7-9-17)20(23)22(4)14-15-5-10-18-19(13-15)25-12-11-24-18/h5-10,13H,11-12,14H2,1-4H3. The van der Waals surface area contributed by atoms with Crippen LogP contribution in [0.2, 0.25) is 0 Å². The van der Waals surface area contributed by atoms with Gasteiger partial charge < -0.3 is 14.4 Å². The molecule has 2 aromatic rings. The van der Waals surface area contributed by atoms with Crippen molar-refractivity contribution in [1.82, 2.24) is 4.90 Å². The van der Waals surface area contributed by atoms with E-state index in [0.717, 1.165) is 17.1 Å². The Morgan fingerprint density at radius 2 is 1.64 bits per heavy atom. The van der Waals surface area contributed by atoms with Crippen LogP contribution < -0.4 is 9.47 Å². The third-order valence-corrected chi connectivity index (χ3v) is 4.37. The van der Waals surface area contributed by atoms with Gasteiger partial charge in [0.05, 0.1) is 0 Å². The van der Waals surface area contributed by atoms with E-state index < -0.39 is 0 Å². The van der Waals surface area contributed by atoms with Crippen molar-refractivity contribution >= 4 is 5.91 Å². The van der Waals surface area contributed by atoms with Gasteiger partial charge in [-0.15, -0.1) is 0 Å². The average molecular weight is 339 g/mol. The SMILES string of the molecule is CN(Cc1ccc2c(c1)OCCO2)C(=O)c1ccc(C(C)(C)C)cc1. The first-order valence-corrected chi connectivity index (χ1v) is 8.59. The molecule has 0 radical (unpaired) electrons. The maximum absolute atomic E-state index is 12.7. The highest BCUT2D eigenvalue weighted by Crippen LogP contribution is 2.31. The van der Waals surface area contributed by atoms with E-state index >= 15 is 0 Å². The van der Waals surface area contributed by atoms with E-state index in [4.69, 9.17) is 9.47 Å². The van der Waals surface area contributed by atoms with Crippen molar-refractivity contribution in [1.29, 1.82) is 0 Å². The Kier molecular flexibility index (Phi) is 4.71. The van der Waals surface area contributed by atoms with Crippen molar-refractivity contribution < 1.29 is 14.3 Å². The second-order valence-corrected chi connectivity index (χ2v) is 7.47. The second kappa shape index (κ2) is 6.79. The molecule has 0 spiro atoms. The van der Waals surface area contributed by atoms with Crippen LogP contribution in [0.4, 0.5) is 0 Å². The molecule has 0 saturated heterocycles. The number of rotatable bonds is 3. The van der Waals surface area contributed by atoms with Crippen LogP contribution >= 0.6 is 0 Å². The molecule has 0 aliphatic carbocycles. The first kappa shape index (κ1) is 17.3. The lowest BCUT2D eigenvalue weighted by Gasteiger charge is -2.22. The van der Waals surface area contributed by atoms with Gasteiger partial charge in [0.15, 0.2) is 11.5 Å². The molecule has 0 saturated carbocycles. The minimum absolute atomic E-state index is 0.00958. The Hall–Kier alpha value is -2.49. The predicted molar refractivity (Wildman–Crippen MR) is 98.4 cm³/mol. The topological polar surface area (TPSA) is 38.8 Å². The first-order valence-electron chi connectivity index (χ1n) is 8.59. The summed E-state index contributed by atoms with van der Waals surface area (Å²) < 4.78 is 11.1. The molecule has 0 aromatic heterocycles. The number of nitrogens with zero attached hydrogens (tertiary/aromatic N) is 1. The van der Waals surface area contributed by atoms with E-state index in [2.05, 4.69) is 20.8 Å². The van der Waals surface area contributed by atoms with Crippen LogP contribution in [-0.4, -0.2) is 31.1 Å². The Balaban J connectivity index is 1.70. The fraction of sp³-hybridized carbons (Fsp3) is 0.381. The molecule has 2 aromatic carbocycles. The highest BCUT2D eigenvalue weighted by atomic mass is 16.6. The monoisotopic (exact) mass is 339 g/mol. The van der Waals surface area contributed by atoms with Crippen LogP contribution in [0.15, 0.2) is 42.5 Å². The Labute approximate surface area is 149 Å². The summed E-state index contributed by atoms with van der Waals surface area (Å²) in [4.78, 5) is 14.4. The zero-order valence-electron chi connectivity index (χ0n) is 15.3. The largest absolute Gasteiger partial charge is 0.486 e. The molecule has 0 N–H and O–H groups in total. The maximum atomic E-state index is 12.7. The van der Waals surface area contributed by atoms with Crippen molar-refractivity contribution in [3.63, 3.8) is 0 Å². The number of amides is 1. The lowest BCUT2D eigenvalue weighted by Crippen LogP contribution is -2.26. The lowest BCUT2D eigenvalue weighted by atomic mass is 9.86. The summed E-state index contributed by atoms with van der Waals surface area (Å²) in [6.45, 7) is 8.16. The number of ether oxygens (including phenoxy) is 2. The first-order chi connectivity index (χ1) is 11.8. The molecular weight excluding hydrogens is 314 g/mol. The van der Waals surface area contributed by atoms with Gasteiger partial charge >= 0.3 is 0 Å². The van der Waals surface area contributed by atoms with E-state index in [1.807, 2.05) is 49.5 Å². The normalized spacial score (nSPS) is 13.4. The van der Waals surface area contributed by atoms with E-state index in [-0.39, 0.29) is 11.3 Å². The molecule has 0 unspecified atom stereocenters. The Bertz CT molecular complexity index is 760. The van der Waals surface area contributed by atoms with E-state index in [1.54, 1.807) is 4.90 Å². The molecule has 0 atom stereocenters. The van der Waals surface area contributed by atoms with Crippen LogP contribution in [0.3, 0.4) is 0 Å². The predicted octanol–water partition coefficient (Wildman–Crippen LogP) is 4.03. The van der Waals surface area contributed by atoms with Crippen LogP contribution in [0, 0.1) is 0 Å². The van der Waals surface area contributed by atoms with Gasteiger partial charge in [-0.1, -0.05) is 39.0 Å². The van der Waals surface area contributed by atoms with E-state index in [1.165, 1.54) is 5.56 Å². The molecule has 0 bridgehead atoms. The van der Waals surface area contributed by atoms with Crippen LogP contribution in [0.5, 0.6) is 11.5 Å². The second-order valence-electron chi connectivity index (χ2n) is 7.47. The maximum Gasteiger partial charge on any atom is 0.253 e. The fourth-order valence-electron chi connectivity index (χ4n) is 2.86. The average Bonchev–Trinajstić information content (AvgIpc) is 2.60. The van der Waals surface area contributed by atoms with Crippen LogP contribution in [0.25, 0.3) is 0 Å². The third kappa shape index (κ3) is 3.95. The zero-order valence-corrected chi connectivity index (χ0v) is 15.3. The molecule has 1 amide bonds. The highest BCUT2D eigenvalue weighted by molar-refractivity contribution is 5.94. The lowest BCUT2D eigenvalue weighted by molar-refractivity contribution is 0.0784. The van der Waals surface area contributed by atoms with Gasteiger partial charge in [0.25, 0.3) is 5.91 Å². The molecule has 1 heterocycles. The molecule has 1 aliphatic heterocycles. The molecule has 132 valence electrons. The minimum atomic E-state index is 0.00958. The van der Waals surface area contributed by atoms with E-state index in [0.29, 0.717) is 25.3 Å². The molecular formula is C21H25NO3. The number of hydrogen-bond acceptors (Lipinski definition) is 3. The van der Waals surface area contributed by atoms with Crippen molar-refractivity contribution in [2.75, 3.05) is 20.3 Å². The smallest absolute Gasteiger partial charge is 0.253 e. The van der Waals surface area contributed by atoms with Gasteiger partial charge in [-0.05, 0) is 40.8 Å². The van der Waals surface area contributed by atoms with Crippen molar-refractivity contribution in [2.45, 2.75) is 32.7 Å². The molecule has 3 rings (SSSR count). The summed E-state index contributed by atoms with van der Waals surface area (Å²) in [6.07, 6.45) is 0. The number of fused-ring (bicyclic) bond motifs is 1. The summed E-state index contributed by atoms with van der Waals surface area (Å²) >= 11 is 0. The third-order valence-electron chi connectivity index (χ3n) is 4.37. The van der Waals surface area contributed by atoms with Gasteiger partial charge in [0, 0.05) is 19.2 Å². The molecule has 4 heteroatoms. The van der Waals surface area contributed by atoms with Gasteiger partial charge in [0.1, 0.15) is 13.2 Å². The van der Waals surface area contributed by atoms with Crippen LogP contribution in [0.1, 0.15) is 42.3 Å². The number of carbonyl (C=O) groups excluding carboxylic acids is 1. The zero-order chi connectivity index (χ0) is 18.0. The van der Waals surface area contributed by atoms with Gasteiger partial charge in [-0.2, -0.15) is 0 Å². The Morgan fingerprint density at radius 3 is 2.28 bits per heavy atom. The van der Waals surface area contributed by atoms with Gasteiger partial charge in [0.2, 0.25) is 0 Å². The molecule has 1 aliphatic rings. The highest BCUT2D eigenvalue weighted by Gasteiger charge is 2.17. The number of benzene rings is 2. The summed E-state index contributed by atoms with van der Waals surface area (Å²) in [5, 5.41) is 0. The fourth-order valence-corrected chi connectivity index (χ4v) is 2.86. The molecule has 0 fully saturated rings. The number of hydrogen-bond donors (Lipinski definition) is 0. The van der Waals surface area contributed by atoms with Gasteiger partial charge in [-0.25, -0.2) is 0 Å². The van der Waals surface area contributed by atoms with E-state index in [9.17, 15) is 4.79 Å². The Morgan fingerprint density at radius 1 is 1.00 bits per heavy atom. The van der Waals surface area contributed by atoms with Crippen LogP contribution in [-0.2, 0) is 12.0 Å². The quantitative estimate of drug-likeness (QED) is 0.847. The van der Waals surface area contributed by atoms with Crippen molar-refractivity contribution in [3.05, 3.63) is 59.2 Å². The minimum Gasteiger partial charge on any atom is -0.486 e. The summed E-state index contributed by atoms with van der Waals surface area (Å²) in [5.74, 6) is 1.52. The van der Waals surface area contributed by atoms with Crippen molar-refractivity contribution in [3.8, 4) is 11.5 Å². The number of carbonyl (C=O) groups is 1. The summed E-state index contributed by atoms with van der Waals surface area (Å²) in [5.41, 5.74) is 3.02. The van der Waals surface area contributed by atoms with Gasteiger partial charge in [-0.3, -0.25) is 4.79 Å². The summed E-state index contributed by atoms with van der Waals surface area (Å²) in [7, 11) is 1.82. The molecule has 4 nitrogen and oxygen atoms in total. The van der Waals surface area contributed by atoms with Crippen molar-refractivity contribution in [2.24, 2.45) is 0 Å².